The summed E-state index contributed by atoms with van der Waals surface area (Å²) in [6.07, 6.45) is 10.0. The third-order valence-electron chi connectivity index (χ3n) is 3.09. The second-order valence-corrected chi connectivity index (χ2v) is 6.27. The van der Waals surface area contributed by atoms with Gasteiger partial charge in [0.1, 0.15) is 0 Å². The molecule has 0 aliphatic rings. The molecular weight excluding hydrogens is 320 g/mol. The third-order valence-corrected chi connectivity index (χ3v) is 3.49. The number of carbonyl (C=O) groups excluding carboxylic acids is 1. The van der Waals surface area contributed by atoms with E-state index in [2.05, 4.69) is 11.1 Å². The summed E-state index contributed by atoms with van der Waals surface area (Å²) in [5.41, 5.74) is 0. The zero-order valence-corrected chi connectivity index (χ0v) is 15.7. The molecule has 0 aliphatic heterocycles. The Morgan fingerprint density at radius 3 is 1.61 bits per heavy atom. The van der Waals surface area contributed by atoms with Crippen molar-refractivity contribution in [1.82, 2.24) is 0 Å². The molecular formula is C16H34O6S. The molecule has 0 radical (unpaired) electrons. The monoisotopic (exact) mass is 354 g/mol. The van der Waals surface area contributed by atoms with Crippen molar-refractivity contribution in [2.45, 2.75) is 85.0 Å². The molecule has 0 heterocycles. The van der Waals surface area contributed by atoms with E-state index >= 15 is 0 Å². The van der Waals surface area contributed by atoms with Gasteiger partial charge in [-0.25, -0.2) is 0 Å². The smallest absolute Gasteiger partial charge is 0.382 e. The van der Waals surface area contributed by atoms with E-state index < -0.39 is 16.4 Å². The van der Waals surface area contributed by atoms with Crippen LogP contribution >= 0.6 is 0 Å². The molecule has 1 N–H and O–H groups in total. The van der Waals surface area contributed by atoms with Crippen molar-refractivity contribution in [2.24, 2.45) is 0 Å². The lowest BCUT2D eigenvalue weighted by Crippen LogP contribution is -2.11. The number of hydrogen-bond donors (Lipinski definition) is 1. The first-order valence-electron chi connectivity index (χ1n) is 8.64. The van der Waals surface area contributed by atoms with Crippen molar-refractivity contribution in [3.8, 4) is 0 Å². The molecule has 0 spiro atoms. The van der Waals surface area contributed by atoms with E-state index in [1.54, 1.807) is 0 Å². The van der Waals surface area contributed by atoms with Crippen LogP contribution in [0.5, 0.6) is 0 Å². The molecule has 0 saturated carbocycles. The number of ether oxygens (including phenoxy) is 1. The van der Waals surface area contributed by atoms with Gasteiger partial charge in [0, 0.05) is 19.6 Å². The van der Waals surface area contributed by atoms with Gasteiger partial charge in [-0.2, -0.15) is 8.42 Å². The Kier molecular flexibility index (Phi) is 18.9. The first-order valence-corrected chi connectivity index (χ1v) is 10.0. The Labute approximate surface area is 141 Å². The minimum absolute atomic E-state index is 0.0373. The van der Waals surface area contributed by atoms with Crippen molar-refractivity contribution in [2.75, 3.05) is 13.2 Å². The van der Waals surface area contributed by atoms with Crippen LogP contribution in [-0.4, -0.2) is 32.2 Å². The van der Waals surface area contributed by atoms with Gasteiger partial charge in [-0.1, -0.05) is 58.3 Å². The minimum atomic E-state index is -4.63. The fraction of sp³-hybridized carbons (Fsp3) is 0.938. The van der Waals surface area contributed by atoms with Crippen LogP contribution in [0.4, 0.5) is 0 Å². The fourth-order valence-electron chi connectivity index (χ4n) is 1.94. The van der Waals surface area contributed by atoms with Crippen LogP contribution in [0.3, 0.4) is 0 Å². The Morgan fingerprint density at radius 1 is 0.826 bits per heavy atom. The largest absolute Gasteiger partial charge is 0.448 e. The zero-order chi connectivity index (χ0) is 18.0. The summed E-state index contributed by atoms with van der Waals surface area (Å²) in [6, 6.07) is 0. The molecule has 6 nitrogen and oxygen atoms in total. The lowest BCUT2D eigenvalue weighted by atomic mass is 10.1. The molecule has 0 amide bonds. The van der Waals surface area contributed by atoms with Gasteiger partial charge >= 0.3 is 16.4 Å². The Morgan fingerprint density at radius 2 is 1.26 bits per heavy atom. The van der Waals surface area contributed by atoms with E-state index in [1.807, 2.05) is 13.8 Å². The molecule has 23 heavy (non-hydrogen) atoms. The van der Waals surface area contributed by atoms with E-state index in [1.165, 1.54) is 32.1 Å². The van der Waals surface area contributed by atoms with Crippen LogP contribution in [0, 0.1) is 0 Å². The predicted octanol–water partition coefficient (Wildman–Crippen LogP) is 4.30. The Bertz CT molecular complexity index is 352. The van der Waals surface area contributed by atoms with Crippen LogP contribution in [0.1, 0.15) is 85.0 Å². The maximum Gasteiger partial charge on any atom is 0.448 e. The first kappa shape index (κ1) is 24.6. The van der Waals surface area contributed by atoms with E-state index in [0.29, 0.717) is 6.42 Å². The molecule has 0 aromatic rings. The molecule has 0 aromatic heterocycles. The summed E-state index contributed by atoms with van der Waals surface area (Å²) in [7, 11) is -4.63. The predicted molar refractivity (Wildman–Crippen MR) is 91.7 cm³/mol. The summed E-state index contributed by atoms with van der Waals surface area (Å²) in [6.45, 7) is 7.85. The molecule has 0 unspecified atom stereocenters. The average Bonchev–Trinajstić information content (AvgIpc) is 2.45. The van der Waals surface area contributed by atoms with Crippen molar-refractivity contribution in [3.63, 3.8) is 0 Å². The molecule has 0 aromatic carbocycles. The molecule has 0 saturated heterocycles. The number of carbonyl (C=O) groups is 1. The van der Waals surface area contributed by atoms with Crippen LogP contribution < -0.4 is 0 Å². The molecule has 0 bridgehead atoms. The van der Waals surface area contributed by atoms with Crippen LogP contribution in [0.25, 0.3) is 0 Å². The number of rotatable bonds is 13. The highest BCUT2D eigenvalue weighted by Gasteiger charge is 2.12. The van der Waals surface area contributed by atoms with Crippen molar-refractivity contribution in [1.29, 1.82) is 0 Å². The summed E-state index contributed by atoms with van der Waals surface area (Å²) in [5, 5.41) is 0. The van der Waals surface area contributed by atoms with Crippen LogP contribution in [-0.2, 0) is 24.1 Å². The van der Waals surface area contributed by atoms with Gasteiger partial charge in [0.25, 0.3) is 0 Å². The molecule has 0 fully saturated rings. The molecule has 140 valence electrons. The van der Waals surface area contributed by atoms with Gasteiger partial charge in [-0.05, 0) is 20.3 Å². The van der Waals surface area contributed by atoms with Crippen LogP contribution in [0.15, 0.2) is 0 Å². The SMILES string of the molecule is CCCCCCCCCCCC(=O)OS(=O)(=O)O.CCOCC. The maximum atomic E-state index is 10.9. The zero-order valence-electron chi connectivity index (χ0n) is 14.9. The third kappa shape index (κ3) is 26.5. The maximum absolute atomic E-state index is 10.9. The van der Waals surface area contributed by atoms with E-state index in [-0.39, 0.29) is 6.42 Å². The highest BCUT2D eigenvalue weighted by Crippen LogP contribution is 2.10. The van der Waals surface area contributed by atoms with Crippen LogP contribution in [0.2, 0.25) is 0 Å². The molecule has 0 aliphatic carbocycles. The lowest BCUT2D eigenvalue weighted by Gasteiger charge is -2.02. The van der Waals surface area contributed by atoms with Crippen molar-refractivity contribution in [3.05, 3.63) is 0 Å². The molecule has 7 heteroatoms. The second kappa shape index (κ2) is 17.7. The van der Waals surface area contributed by atoms with E-state index in [4.69, 9.17) is 9.29 Å². The minimum Gasteiger partial charge on any atom is -0.382 e. The van der Waals surface area contributed by atoms with Gasteiger partial charge in [0.15, 0.2) is 0 Å². The standard InChI is InChI=1S/C12H24O5S.C4H10O/c1-2-3-4-5-6-7-8-9-10-11-12(13)17-18(14,15)16;1-3-5-4-2/h2-11H2,1H3,(H,14,15,16);3-4H2,1-2H3. The Balaban J connectivity index is 0. The number of unbranched alkanes of at least 4 members (excludes halogenated alkanes) is 8. The summed E-state index contributed by atoms with van der Waals surface area (Å²) >= 11 is 0. The van der Waals surface area contributed by atoms with Crippen molar-refractivity contribution < 1.29 is 26.7 Å². The number of hydrogen-bond acceptors (Lipinski definition) is 5. The summed E-state index contributed by atoms with van der Waals surface area (Å²) in [5.74, 6) is -0.888. The summed E-state index contributed by atoms with van der Waals surface area (Å²) < 4.78 is 37.3. The quantitative estimate of drug-likeness (QED) is 0.392. The molecule has 0 atom stereocenters. The van der Waals surface area contributed by atoms with E-state index in [0.717, 1.165) is 32.5 Å². The van der Waals surface area contributed by atoms with Gasteiger partial charge in [-0.15, -0.1) is 0 Å². The van der Waals surface area contributed by atoms with Gasteiger partial charge < -0.3 is 8.92 Å². The van der Waals surface area contributed by atoms with Gasteiger partial charge in [-0.3, -0.25) is 9.35 Å². The second-order valence-electron chi connectivity index (χ2n) is 5.24. The first-order chi connectivity index (χ1) is 10.9. The Hall–Kier alpha value is -0.660. The molecule has 0 rings (SSSR count). The highest BCUT2D eigenvalue weighted by atomic mass is 32.3. The lowest BCUT2D eigenvalue weighted by molar-refractivity contribution is -0.134. The average molecular weight is 355 g/mol. The van der Waals surface area contributed by atoms with Gasteiger partial charge in [0.05, 0.1) is 0 Å². The summed E-state index contributed by atoms with van der Waals surface area (Å²) in [4.78, 5) is 10.9. The van der Waals surface area contributed by atoms with E-state index in [9.17, 15) is 13.2 Å². The fourth-order valence-corrected chi connectivity index (χ4v) is 2.26. The highest BCUT2D eigenvalue weighted by molar-refractivity contribution is 7.81. The van der Waals surface area contributed by atoms with Crippen molar-refractivity contribution >= 4 is 16.4 Å². The topological polar surface area (TPSA) is 89.9 Å². The van der Waals surface area contributed by atoms with Gasteiger partial charge in [0.2, 0.25) is 0 Å². The normalized spacial score (nSPS) is 10.8.